The molecule has 0 bridgehead atoms. The zero-order valence-electron chi connectivity index (χ0n) is 34.3. The lowest BCUT2D eigenvalue weighted by Gasteiger charge is -2.29. The van der Waals surface area contributed by atoms with Crippen molar-refractivity contribution in [3.05, 3.63) is 237 Å². The number of hydrogen-bond acceptors (Lipinski definition) is 3. The molecule has 0 aliphatic rings. The van der Waals surface area contributed by atoms with Crippen LogP contribution in [0, 0.1) is 0 Å². The Labute approximate surface area is 365 Å². The van der Waals surface area contributed by atoms with Crippen molar-refractivity contribution >= 4 is 60.9 Å². The summed E-state index contributed by atoms with van der Waals surface area (Å²) in [5, 5.41) is 4.37. The van der Waals surface area contributed by atoms with Gasteiger partial charge >= 0.3 is 0 Å². The van der Waals surface area contributed by atoms with Crippen LogP contribution in [-0.2, 0) is 0 Å². The summed E-state index contributed by atoms with van der Waals surface area (Å²) in [5.41, 5.74) is 17.7. The highest BCUT2D eigenvalue weighted by Crippen LogP contribution is 2.49. The fraction of sp³-hybridized carbons (Fsp3) is 0. The quantitative estimate of drug-likeness (QED) is 0.153. The van der Waals surface area contributed by atoms with E-state index in [1.54, 1.807) is 0 Å². The lowest BCUT2D eigenvalue weighted by molar-refractivity contribution is 0.669. The molecule has 0 unspecified atom stereocenters. The summed E-state index contributed by atoms with van der Waals surface area (Å²) < 4.78 is 13.4. The van der Waals surface area contributed by atoms with Crippen molar-refractivity contribution in [1.82, 2.24) is 0 Å². The number of benzene rings is 10. The first-order valence-corrected chi connectivity index (χ1v) is 21.4. The molecule has 0 N–H and O–H groups in total. The van der Waals surface area contributed by atoms with E-state index in [4.69, 9.17) is 8.83 Å². The van der Waals surface area contributed by atoms with E-state index in [-0.39, 0.29) is 0 Å². The topological polar surface area (TPSA) is 29.5 Å². The molecule has 10 aromatic carbocycles. The van der Waals surface area contributed by atoms with E-state index in [1.165, 1.54) is 16.7 Å². The van der Waals surface area contributed by atoms with Crippen molar-refractivity contribution in [2.75, 3.05) is 4.90 Å². The van der Waals surface area contributed by atoms with Crippen LogP contribution in [-0.4, -0.2) is 0 Å². The maximum absolute atomic E-state index is 6.83. The first-order valence-electron chi connectivity index (χ1n) is 21.4. The Bertz CT molecular complexity index is 3640. The summed E-state index contributed by atoms with van der Waals surface area (Å²) in [7, 11) is 0. The maximum atomic E-state index is 6.83. The molecule has 2 aromatic heterocycles. The number of anilines is 3. The van der Waals surface area contributed by atoms with Crippen LogP contribution in [0.15, 0.2) is 245 Å². The van der Waals surface area contributed by atoms with E-state index < -0.39 is 0 Å². The van der Waals surface area contributed by atoms with Crippen LogP contribution in [0.2, 0.25) is 0 Å². The summed E-state index contributed by atoms with van der Waals surface area (Å²) in [6.45, 7) is 0. The van der Waals surface area contributed by atoms with Gasteiger partial charge in [-0.1, -0.05) is 194 Å². The van der Waals surface area contributed by atoms with Gasteiger partial charge in [0.2, 0.25) is 0 Å². The lowest BCUT2D eigenvalue weighted by Crippen LogP contribution is -2.12. The van der Waals surface area contributed by atoms with Gasteiger partial charge in [-0.2, -0.15) is 0 Å². The predicted octanol–water partition coefficient (Wildman–Crippen LogP) is 17.3. The predicted molar refractivity (Wildman–Crippen MR) is 263 cm³/mol. The standard InChI is InChI=1S/C60H39NO2/c1-3-18-40(19-4-1)42-36-37-48(54(39-42)47-25-8-7-24-45(47)41-20-5-2-6-21-41)49-26-9-12-32-55(49)61(56-33-17-31-53-51-28-11-14-35-58(51)63-60(53)56)44-23-15-22-43(38-44)46-29-16-30-52-50-27-10-13-34-57(50)62-59(46)52/h1-39H. The van der Waals surface area contributed by atoms with Gasteiger partial charge in [-0.15, -0.1) is 0 Å². The van der Waals surface area contributed by atoms with Gasteiger partial charge in [0.1, 0.15) is 16.7 Å². The van der Waals surface area contributed by atoms with E-state index >= 15 is 0 Å². The highest BCUT2D eigenvalue weighted by molar-refractivity contribution is 6.12. The molecule has 0 aliphatic carbocycles. The minimum absolute atomic E-state index is 0.826. The van der Waals surface area contributed by atoms with Gasteiger partial charge < -0.3 is 13.7 Å². The molecular weight excluding hydrogens is 767 g/mol. The molecule has 12 rings (SSSR count). The smallest absolute Gasteiger partial charge is 0.159 e. The van der Waals surface area contributed by atoms with E-state index in [2.05, 4.69) is 223 Å². The first kappa shape index (κ1) is 36.5. The number of rotatable bonds is 8. The minimum Gasteiger partial charge on any atom is -0.455 e. The number of nitrogens with zero attached hydrogens (tertiary/aromatic N) is 1. The van der Waals surface area contributed by atoms with Crippen molar-refractivity contribution in [3.8, 4) is 55.6 Å². The second-order valence-corrected chi connectivity index (χ2v) is 16.0. The third kappa shape index (κ3) is 6.29. The summed E-state index contributed by atoms with van der Waals surface area (Å²) in [6.07, 6.45) is 0. The number of para-hydroxylation sites is 5. The molecule has 0 spiro atoms. The van der Waals surface area contributed by atoms with E-state index in [1.807, 2.05) is 18.2 Å². The Balaban J connectivity index is 1.12. The SMILES string of the molecule is c1ccc(-c2ccc(-c3ccccc3N(c3cccc(-c4cccc5c4oc4ccccc45)c3)c3cccc4c3oc3ccccc34)c(-c3ccccc3-c3ccccc3)c2)cc1. The summed E-state index contributed by atoms with van der Waals surface area (Å²) in [6, 6.07) is 84.1. The van der Waals surface area contributed by atoms with Crippen molar-refractivity contribution in [1.29, 1.82) is 0 Å². The van der Waals surface area contributed by atoms with Crippen molar-refractivity contribution < 1.29 is 8.83 Å². The third-order valence-corrected chi connectivity index (χ3v) is 12.3. The van der Waals surface area contributed by atoms with Crippen molar-refractivity contribution in [3.63, 3.8) is 0 Å². The van der Waals surface area contributed by atoms with Crippen molar-refractivity contribution in [2.45, 2.75) is 0 Å². The van der Waals surface area contributed by atoms with Crippen LogP contribution in [0.1, 0.15) is 0 Å². The highest BCUT2D eigenvalue weighted by atomic mass is 16.3. The second kappa shape index (κ2) is 15.3. The molecule has 3 nitrogen and oxygen atoms in total. The van der Waals surface area contributed by atoms with Crippen molar-refractivity contribution in [2.24, 2.45) is 0 Å². The fourth-order valence-corrected chi connectivity index (χ4v) is 9.40. The molecular formula is C60H39NO2. The molecule has 2 heterocycles. The third-order valence-electron chi connectivity index (χ3n) is 12.3. The van der Waals surface area contributed by atoms with Crippen LogP contribution < -0.4 is 4.90 Å². The largest absolute Gasteiger partial charge is 0.455 e. The Morgan fingerprint density at radius 2 is 0.762 bits per heavy atom. The van der Waals surface area contributed by atoms with Gasteiger partial charge in [-0.05, 0) is 87.0 Å². The van der Waals surface area contributed by atoms with Gasteiger partial charge in [0.05, 0.1) is 11.4 Å². The molecule has 0 saturated heterocycles. The zero-order chi connectivity index (χ0) is 41.7. The van der Waals surface area contributed by atoms with E-state index in [9.17, 15) is 0 Å². The van der Waals surface area contributed by atoms with Gasteiger partial charge in [-0.3, -0.25) is 0 Å². The first-order chi connectivity index (χ1) is 31.3. The number of fused-ring (bicyclic) bond motifs is 6. The van der Waals surface area contributed by atoms with Crippen LogP contribution in [0.4, 0.5) is 17.1 Å². The molecule has 0 amide bonds. The maximum Gasteiger partial charge on any atom is 0.159 e. The lowest BCUT2D eigenvalue weighted by atomic mass is 9.86. The number of hydrogen-bond donors (Lipinski definition) is 0. The average Bonchev–Trinajstić information content (AvgIpc) is 3.94. The summed E-state index contributed by atoms with van der Waals surface area (Å²) >= 11 is 0. The molecule has 0 aliphatic heterocycles. The van der Waals surface area contributed by atoms with Crippen LogP contribution in [0.25, 0.3) is 99.5 Å². The van der Waals surface area contributed by atoms with Gasteiger partial charge in [-0.25, -0.2) is 0 Å². The Morgan fingerprint density at radius 3 is 1.52 bits per heavy atom. The zero-order valence-corrected chi connectivity index (χ0v) is 34.3. The summed E-state index contributed by atoms with van der Waals surface area (Å²) in [4.78, 5) is 2.38. The summed E-state index contributed by atoms with van der Waals surface area (Å²) in [5.74, 6) is 0. The second-order valence-electron chi connectivity index (χ2n) is 16.0. The molecule has 0 fully saturated rings. The molecule has 3 heteroatoms. The molecule has 63 heavy (non-hydrogen) atoms. The van der Waals surface area contributed by atoms with E-state index in [0.717, 1.165) is 99.9 Å². The molecule has 0 saturated carbocycles. The highest BCUT2D eigenvalue weighted by Gasteiger charge is 2.25. The molecule has 12 aromatic rings. The van der Waals surface area contributed by atoms with E-state index in [0.29, 0.717) is 0 Å². The normalized spacial score (nSPS) is 11.5. The number of furan rings is 2. The van der Waals surface area contributed by atoms with Crippen LogP contribution in [0.3, 0.4) is 0 Å². The molecule has 296 valence electrons. The van der Waals surface area contributed by atoms with Gasteiger partial charge in [0.15, 0.2) is 5.58 Å². The van der Waals surface area contributed by atoms with Crippen LogP contribution in [0.5, 0.6) is 0 Å². The Hall–Kier alpha value is -8.40. The Kier molecular flexibility index (Phi) is 8.83. The van der Waals surface area contributed by atoms with Gasteiger partial charge in [0, 0.05) is 38.4 Å². The average molecular weight is 806 g/mol. The monoisotopic (exact) mass is 805 g/mol. The fourth-order valence-electron chi connectivity index (χ4n) is 9.40. The Morgan fingerprint density at radius 1 is 0.254 bits per heavy atom. The molecule has 0 atom stereocenters. The molecule has 0 radical (unpaired) electrons. The van der Waals surface area contributed by atoms with Gasteiger partial charge in [0.25, 0.3) is 0 Å². The minimum atomic E-state index is 0.826. The van der Waals surface area contributed by atoms with Crippen LogP contribution >= 0.6 is 0 Å².